The van der Waals surface area contributed by atoms with Crippen molar-refractivity contribution in [2.75, 3.05) is 13.7 Å². The zero-order valence-corrected chi connectivity index (χ0v) is 14.3. The molecular weight excluding hydrogens is 278 g/mol. The molecule has 2 N–H and O–H groups in total. The SMILES string of the molecule is COc1cccc(C(C)CC(=O)NC(CCO)C(C)(C)C)c1. The Kier molecular flexibility index (Phi) is 6.88. The molecular formula is C18H29NO3. The van der Waals surface area contributed by atoms with Crippen LogP contribution in [0.1, 0.15) is 52.0 Å². The molecule has 4 heteroatoms. The van der Waals surface area contributed by atoms with E-state index in [1.807, 2.05) is 31.2 Å². The minimum absolute atomic E-state index is 0.0173. The van der Waals surface area contributed by atoms with Crippen molar-refractivity contribution in [3.8, 4) is 5.75 Å². The Hall–Kier alpha value is -1.55. The summed E-state index contributed by atoms with van der Waals surface area (Å²) in [4.78, 5) is 12.3. The van der Waals surface area contributed by atoms with Crippen LogP contribution in [0.15, 0.2) is 24.3 Å². The predicted octanol–water partition coefficient (Wildman–Crippen LogP) is 3.10. The number of benzene rings is 1. The number of nitrogens with one attached hydrogen (secondary N) is 1. The van der Waals surface area contributed by atoms with Crippen LogP contribution in [-0.2, 0) is 4.79 Å². The number of aliphatic hydroxyl groups is 1. The quantitative estimate of drug-likeness (QED) is 0.814. The van der Waals surface area contributed by atoms with Crippen molar-refractivity contribution in [3.05, 3.63) is 29.8 Å². The highest BCUT2D eigenvalue weighted by Crippen LogP contribution is 2.25. The lowest BCUT2D eigenvalue weighted by Crippen LogP contribution is -2.44. The van der Waals surface area contributed by atoms with Crippen molar-refractivity contribution < 1.29 is 14.6 Å². The van der Waals surface area contributed by atoms with Gasteiger partial charge in [0.25, 0.3) is 0 Å². The molecule has 0 radical (unpaired) electrons. The molecule has 0 saturated carbocycles. The summed E-state index contributed by atoms with van der Waals surface area (Å²) in [6.45, 7) is 8.32. The van der Waals surface area contributed by atoms with Gasteiger partial charge in [-0.3, -0.25) is 4.79 Å². The highest BCUT2D eigenvalue weighted by atomic mass is 16.5. The second-order valence-electron chi connectivity index (χ2n) is 6.88. The summed E-state index contributed by atoms with van der Waals surface area (Å²) in [6, 6.07) is 7.78. The molecule has 0 spiro atoms. The second kappa shape index (κ2) is 8.18. The van der Waals surface area contributed by atoms with Crippen LogP contribution in [-0.4, -0.2) is 30.8 Å². The van der Waals surface area contributed by atoms with E-state index in [0.29, 0.717) is 12.8 Å². The zero-order chi connectivity index (χ0) is 16.8. The van der Waals surface area contributed by atoms with Crippen LogP contribution in [0.2, 0.25) is 0 Å². The standard InChI is InChI=1S/C18H29NO3/c1-13(14-7-6-8-15(12-14)22-5)11-17(21)19-16(9-10-20)18(2,3)4/h6-8,12-13,16,20H,9-11H2,1-5H3,(H,19,21). The fourth-order valence-corrected chi connectivity index (χ4v) is 2.45. The van der Waals surface area contributed by atoms with Crippen LogP contribution in [0.4, 0.5) is 0 Å². The Morgan fingerprint density at radius 3 is 2.59 bits per heavy atom. The van der Waals surface area contributed by atoms with E-state index in [1.165, 1.54) is 0 Å². The molecule has 1 rings (SSSR count). The van der Waals surface area contributed by atoms with Crippen molar-refractivity contribution in [2.45, 2.75) is 52.5 Å². The van der Waals surface area contributed by atoms with Gasteiger partial charge in [0.15, 0.2) is 0 Å². The molecule has 0 aliphatic heterocycles. The molecule has 0 aromatic heterocycles. The Balaban J connectivity index is 2.66. The minimum Gasteiger partial charge on any atom is -0.497 e. The largest absolute Gasteiger partial charge is 0.497 e. The van der Waals surface area contributed by atoms with E-state index in [4.69, 9.17) is 9.84 Å². The number of amides is 1. The molecule has 1 aromatic rings. The first-order chi connectivity index (χ1) is 10.3. The predicted molar refractivity (Wildman–Crippen MR) is 89.1 cm³/mol. The molecule has 0 saturated heterocycles. The lowest BCUT2D eigenvalue weighted by atomic mass is 9.84. The van der Waals surface area contributed by atoms with Gasteiger partial charge in [-0.2, -0.15) is 0 Å². The molecule has 0 aliphatic rings. The second-order valence-corrected chi connectivity index (χ2v) is 6.88. The first-order valence-corrected chi connectivity index (χ1v) is 7.82. The fraction of sp³-hybridized carbons (Fsp3) is 0.611. The Labute approximate surface area is 133 Å². The van der Waals surface area contributed by atoms with Gasteiger partial charge in [-0.1, -0.05) is 39.8 Å². The van der Waals surface area contributed by atoms with E-state index >= 15 is 0 Å². The maximum absolute atomic E-state index is 12.3. The van der Waals surface area contributed by atoms with E-state index in [2.05, 4.69) is 26.1 Å². The van der Waals surface area contributed by atoms with Crippen LogP contribution in [0.25, 0.3) is 0 Å². The van der Waals surface area contributed by atoms with Crippen molar-refractivity contribution in [3.63, 3.8) is 0 Å². The lowest BCUT2D eigenvalue weighted by Gasteiger charge is -2.31. The smallest absolute Gasteiger partial charge is 0.220 e. The molecule has 0 heterocycles. The van der Waals surface area contributed by atoms with Gasteiger partial charge < -0.3 is 15.2 Å². The Morgan fingerprint density at radius 1 is 1.36 bits per heavy atom. The molecule has 4 nitrogen and oxygen atoms in total. The highest BCUT2D eigenvalue weighted by Gasteiger charge is 2.26. The first kappa shape index (κ1) is 18.5. The van der Waals surface area contributed by atoms with E-state index in [1.54, 1.807) is 7.11 Å². The summed E-state index contributed by atoms with van der Waals surface area (Å²) < 4.78 is 5.22. The average Bonchev–Trinajstić information content (AvgIpc) is 2.45. The van der Waals surface area contributed by atoms with Gasteiger partial charge in [0.1, 0.15) is 5.75 Å². The summed E-state index contributed by atoms with van der Waals surface area (Å²) in [6.07, 6.45) is 0.994. The van der Waals surface area contributed by atoms with Crippen LogP contribution in [0, 0.1) is 5.41 Å². The molecule has 1 amide bonds. The van der Waals surface area contributed by atoms with Crippen LogP contribution in [0.5, 0.6) is 5.75 Å². The summed E-state index contributed by atoms with van der Waals surface area (Å²) >= 11 is 0. The topological polar surface area (TPSA) is 58.6 Å². The zero-order valence-electron chi connectivity index (χ0n) is 14.3. The number of hydrogen-bond acceptors (Lipinski definition) is 3. The number of ether oxygens (including phenoxy) is 1. The monoisotopic (exact) mass is 307 g/mol. The summed E-state index contributed by atoms with van der Waals surface area (Å²) in [7, 11) is 1.64. The number of methoxy groups -OCH3 is 1. The van der Waals surface area contributed by atoms with Gasteiger partial charge in [-0.25, -0.2) is 0 Å². The minimum atomic E-state index is -0.0718. The molecule has 0 bridgehead atoms. The van der Waals surface area contributed by atoms with Crippen molar-refractivity contribution in [1.82, 2.24) is 5.32 Å². The molecule has 0 aliphatic carbocycles. The normalized spacial score (nSPS) is 14.3. The summed E-state index contributed by atoms with van der Waals surface area (Å²) in [5.74, 6) is 0.936. The molecule has 2 atom stereocenters. The molecule has 22 heavy (non-hydrogen) atoms. The van der Waals surface area contributed by atoms with Gasteiger partial charge in [0, 0.05) is 19.1 Å². The van der Waals surface area contributed by atoms with Crippen LogP contribution < -0.4 is 10.1 Å². The Bertz CT molecular complexity index is 479. The fourth-order valence-electron chi connectivity index (χ4n) is 2.45. The van der Waals surface area contributed by atoms with E-state index in [-0.39, 0.29) is 29.9 Å². The Morgan fingerprint density at radius 2 is 2.05 bits per heavy atom. The third-order valence-electron chi connectivity index (χ3n) is 3.95. The maximum Gasteiger partial charge on any atom is 0.220 e. The number of aliphatic hydroxyl groups excluding tert-OH is 1. The number of hydrogen-bond donors (Lipinski definition) is 2. The van der Waals surface area contributed by atoms with Crippen molar-refractivity contribution >= 4 is 5.91 Å². The third-order valence-corrected chi connectivity index (χ3v) is 3.95. The van der Waals surface area contributed by atoms with Gasteiger partial charge >= 0.3 is 0 Å². The third kappa shape index (κ3) is 5.68. The van der Waals surface area contributed by atoms with Crippen molar-refractivity contribution in [1.29, 1.82) is 0 Å². The maximum atomic E-state index is 12.3. The van der Waals surface area contributed by atoms with Gasteiger partial charge in [-0.15, -0.1) is 0 Å². The number of rotatable bonds is 7. The molecule has 124 valence electrons. The molecule has 1 aromatic carbocycles. The summed E-state index contributed by atoms with van der Waals surface area (Å²) in [5.41, 5.74) is 1.02. The molecule has 2 unspecified atom stereocenters. The van der Waals surface area contributed by atoms with E-state index < -0.39 is 0 Å². The first-order valence-electron chi connectivity index (χ1n) is 7.82. The van der Waals surface area contributed by atoms with Crippen LogP contribution >= 0.6 is 0 Å². The van der Waals surface area contributed by atoms with Gasteiger partial charge in [0.2, 0.25) is 5.91 Å². The number of carbonyl (C=O) groups is 1. The van der Waals surface area contributed by atoms with Crippen LogP contribution in [0.3, 0.4) is 0 Å². The van der Waals surface area contributed by atoms with Gasteiger partial charge in [-0.05, 0) is 35.4 Å². The lowest BCUT2D eigenvalue weighted by molar-refractivity contribution is -0.123. The van der Waals surface area contributed by atoms with Gasteiger partial charge in [0.05, 0.1) is 7.11 Å². The van der Waals surface area contributed by atoms with E-state index in [0.717, 1.165) is 11.3 Å². The molecule has 0 fully saturated rings. The number of carbonyl (C=O) groups excluding carboxylic acids is 1. The van der Waals surface area contributed by atoms with Crippen molar-refractivity contribution in [2.24, 2.45) is 5.41 Å². The summed E-state index contributed by atoms with van der Waals surface area (Å²) in [5, 5.41) is 12.2. The highest BCUT2D eigenvalue weighted by molar-refractivity contribution is 5.77. The average molecular weight is 307 g/mol. The van der Waals surface area contributed by atoms with E-state index in [9.17, 15) is 4.79 Å².